The molecule has 0 aromatic heterocycles. The lowest BCUT2D eigenvalue weighted by Gasteiger charge is -2.22. The highest BCUT2D eigenvalue weighted by atomic mass is 16.4. The fraction of sp³-hybridized carbons (Fsp3) is 0.538. The summed E-state index contributed by atoms with van der Waals surface area (Å²) in [5.41, 5.74) is 18.6. The van der Waals surface area contributed by atoms with Gasteiger partial charge in [-0.15, -0.1) is 0 Å². The van der Waals surface area contributed by atoms with Crippen molar-refractivity contribution in [3.63, 3.8) is 0 Å². The number of aliphatic hydroxyl groups is 2. The number of aliphatic hydroxyl groups excluding tert-OH is 2. The van der Waals surface area contributed by atoms with Crippen molar-refractivity contribution < 1.29 is 44.1 Å². The van der Waals surface area contributed by atoms with Crippen molar-refractivity contribution in [1.82, 2.24) is 21.3 Å². The molecule has 0 spiro atoms. The Labute approximate surface area is 324 Å². The maximum Gasteiger partial charge on any atom is 0.326 e. The summed E-state index contributed by atoms with van der Waals surface area (Å²) in [6.07, 6.45) is 1.81. The van der Waals surface area contributed by atoms with Crippen LogP contribution in [0.2, 0.25) is 0 Å². The molecule has 308 valence electrons. The van der Waals surface area contributed by atoms with Crippen LogP contribution in [0.15, 0.2) is 48.5 Å². The predicted octanol–water partition coefficient (Wildman–Crippen LogP) is 2.57. The molecule has 0 fully saturated rings. The summed E-state index contributed by atoms with van der Waals surface area (Å²) in [6, 6.07) is 11.5. The number of nitrogen functional groups attached to an aromatic ring is 1. The number of ketones is 1. The van der Waals surface area contributed by atoms with Crippen LogP contribution in [0.1, 0.15) is 83.9 Å². The number of carboxylic acid groups (broad SMARTS) is 1. The van der Waals surface area contributed by atoms with Crippen LogP contribution in [-0.2, 0) is 38.8 Å². The van der Waals surface area contributed by atoms with E-state index in [4.69, 9.17) is 32.5 Å². The second-order valence-electron chi connectivity index (χ2n) is 13.9. The van der Waals surface area contributed by atoms with E-state index in [1.165, 1.54) is 0 Å². The van der Waals surface area contributed by atoms with Crippen molar-refractivity contribution in [3.05, 3.63) is 65.2 Å². The number of carboxylic acids is 1. The fourth-order valence-electron chi connectivity index (χ4n) is 4.53. The molecule has 0 heterocycles. The van der Waals surface area contributed by atoms with Gasteiger partial charge in [-0.3, -0.25) is 14.4 Å². The molecule has 16 nitrogen and oxygen atoms in total. The zero-order chi connectivity index (χ0) is 42.1. The van der Waals surface area contributed by atoms with Crippen molar-refractivity contribution in [1.29, 1.82) is 0 Å². The zero-order valence-electron chi connectivity index (χ0n) is 33.0. The Bertz CT molecular complexity index is 1470. The van der Waals surface area contributed by atoms with Gasteiger partial charge in [-0.05, 0) is 66.3 Å². The number of anilines is 1. The van der Waals surface area contributed by atoms with E-state index < -0.39 is 30.1 Å². The van der Waals surface area contributed by atoms with Crippen LogP contribution in [0.4, 0.5) is 15.3 Å². The molecule has 0 radical (unpaired) electrons. The third kappa shape index (κ3) is 22.6. The number of benzene rings is 2. The van der Waals surface area contributed by atoms with E-state index in [9.17, 15) is 28.8 Å². The molecule has 0 bridgehead atoms. The molecular weight excluding hydrogens is 710 g/mol. The molecule has 0 aliphatic carbocycles. The van der Waals surface area contributed by atoms with Gasteiger partial charge in [0.05, 0.1) is 19.3 Å². The average molecular weight is 774 g/mol. The minimum atomic E-state index is -1.08. The standard InChI is InChI=1S/C20H31N3O4.C12H23N3O4.C7H9NO/c1-13(2)14(3)19(26)23-17(5-4-10-22-20(21)27)18(25)11-15-6-8-16(12-24)9-7-15;1-7(2)8(3)10(16)15-9(11(17)18)5-4-6-14-12(13)19;8-7-3-1-6(5-9)2-4-7/h6-9,13-14,17,24H,4-5,10-12H2,1-3H3,(H,23,26)(H3,21,22,27);7-9H,4-6H2,1-3H3,(H,15,16)(H,17,18)(H3,13,14,19);1-4,9H,5,8H2/t14-,17-;8-,9-;/m00./s1. The summed E-state index contributed by atoms with van der Waals surface area (Å²) in [5, 5.41) is 36.9. The van der Waals surface area contributed by atoms with Gasteiger partial charge in [0.1, 0.15) is 6.04 Å². The lowest BCUT2D eigenvalue weighted by Crippen LogP contribution is -2.45. The number of carbonyl (C=O) groups is 6. The molecule has 2 aromatic rings. The van der Waals surface area contributed by atoms with Crippen LogP contribution in [0, 0.1) is 23.7 Å². The van der Waals surface area contributed by atoms with E-state index in [2.05, 4.69) is 21.3 Å². The Hall–Kier alpha value is -5.22. The van der Waals surface area contributed by atoms with Crippen LogP contribution in [0.5, 0.6) is 0 Å². The largest absolute Gasteiger partial charge is 0.480 e. The highest BCUT2D eigenvalue weighted by molar-refractivity contribution is 5.91. The maximum atomic E-state index is 12.7. The Kier molecular flexibility index (Phi) is 24.8. The van der Waals surface area contributed by atoms with Crippen molar-refractivity contribution in [3.8, 4) is 0 Å². The Balaban J connectivity index is 0.000000896. The van der Waals surface area contributed by atoms with E-state index in [0.29, 0.717) is 25.8 Å². The highest BCUT2D eigenvalue weighted by Gasteiger charge is 2.25. The maximum absolute atomic E-state index is 12.7. The smallest absolute Gasteiger partial charge is 0.326 e. The zero-order valence-corrected chi connectivity index (χ0v) is 33.0. The highest BCUT2D eigenvalue weighted by Crippen LogP contribution is 2.13. The fourth-order valence-corrected chi connectivity index (χ4v) is 4.53. The monoisotopic (exact) mass is 773 g/mol. The quantitative estimate of drug-likeness (QED) is 0.0693. The minimum absolute atomic E-state index is 0.0487. The average Bonchev–Trinajstić information content (AvgIpc) is 3.13. The van der Waals surface area contributed by atoms with Crippen LogP contribution in [-0.4, -0.2) is 76.1 Å². The molecule has 13 N–H and O–H groups in total. The number of nitrogens with one attached hydrogen (secondary N) is 4. The van der Waals surface area contributed by atoms with E-state index in [1.807, 2.05) is 34.6 Å². The number of amides is 6. The molecule has 6 amide bonds. The van der Waals surface area contributed by atoms with Gasteiger partial charge in [0.15, 0.2) is 5.78 Å². The molecule has 0 saturated carbocycles. The first-order chi connectivity index (χ1) is 25.8. The van der Waals surface area contributed by atoms with E-state index >= 15 is 0 Å². The van der Waals surface area contributed by atoms with Gasteiger partial charge < -0.3 is 53.8 Å². The number of carbonyl (C=O) groups excluding carboxylic acids is 5. The van der Waals surface area contributed by atoms with Crippen molar-refractivity contribution in [2.45, 2.75) is 98.9 Å². The van der Waals surface area contributed by atoms with Gasteiger partial charge in [0, 0.05) is 37.0 Å². The summed E-state index contributed by atoms with van der Waals surface area (Å²) in [5.74, 6) is -1.72. The third-order valence-corrected chi connectivity index (χ3v) is 8.83. The summed E-state index contributed by atoms with van der Waals surface area (Å²) in [6.45, 7) is 12.0. The van der Waals surface area contributed by atoms with Gasteiger partial charge in [-0.25, -0.2) is 14.4 Å². The Morgan fingerprint density at radius 3 is 1.33 bits per heavy atom. The topological polar surface area (TPSA) is 289 Å². The molecule has 0 aliphatic heterocycles. The number of aliphatic carboxylic acids is 1. The molecule has 0 aliphatic rings. The first-order valence-electron chi connectivity index (χ1n) is 18.4. The van der Waals surface area contributed by atoms with Crippen LogP contribution >= 0.6 is 0 Å². The second kappa shape index (κ2) is 27.4. The molecular formula is C39H63N7O9. The lowest BCUT2D eigenvalue weighted by atomic mass is 9.95. The molecule has 0 unspecified atom stereocenters. The number of nitrogens with two attached hydrogens (primary N) is 3. The molecule has 2 rings (SSSR count). The van der Waals surface area contributed by atoms with Gasteiger partial charge in [0.25, 0.3) is 0 Å². The Morgan fingerprint density at radius 1 is 0.600 bits per heavy atom. The van der Waals surface area contributed by atoms with E-state index in [-0.39, 0.29) is 73.9 Å². The normalized spacial score (nSPS) is 12.7. The summed E-state index contributed by atoms with van der Waals surface area (Å²) in [7, 11) is 0. The van der Waals surface area contributed by atoms with Crippen molar-refractivity contribution >= 4 is 41.3 Å². The molecule has 55 heavy (non-hydrogen) atoms. The summed E-state index contributed by atoms with van der Waals surface area (Å²) < 4.78 is 0. The summed E-state index contributed by atoms with van der Waals surface area (Å²) >= 11 is 0. The van der Waals surface area contributed by atoms with Crippen LogP contribution < -0.4 is 38.5 Å². The molecule has 2 aromatic carbocycles. The number of primary amides is 2. The number of hydrogen-bond acceptors (Lipinski definition) is 9. The van der Waals surface area contributed by atoms with Crippen LogP contribution in [0.3, 0.4) is 0 Å². The SMILES string of the molecule is CC(C)[C@H](C)C(=O)N[C@@H](CCCNC(N)=O)C(=O)Cc1ccc(CO)cc1.CC(C)[C@H](C)C(=O)N[C@@H](CCCNC(N)=O)C(=O)O.Nc1ccc(CO)cc1. The van der Waals surface area contributed by atoms with Gasteiger partial charge in [-0.2, -0.15) is 0 Å². The van der Waals surface area contributed by atoms with E-state index in [0.717, 1.165) is 22.4 Å². The molecule has 0 saturated heterocycles. The van der Waals surface area contributed by atoms with Crippen molar-refractivity contribution in [2.24, 2.45) is 35.1 Å². The molecule has 16 heteroatoms. The third-order valence-electron chi connectivity index (χ3n) is 8.83. The number of urea groups is 2. The Morgan fingerprint density at radius 2 is 0.964 bits per heavy atom. The van der Waals surface area contributed by atoms with Gasteiger partial charge in [-0.1, -0.05) is 77.9 Å². The van der Waals surface area contributed by atoms with E-state index in [1.54, 1.807) is 55.5 Å². The van der Waals surface area contributed by atoms with Crippen LogP contribution in [0.25, 0.3) is 0 Å². The first kappa shape index (κ1) is 49.8. The summed E-state index contributed by atoms with van der Waals surface area (Å²) in [4.78, 5) is 69.2. The van der Waals surface area contributed by atoms with Gasteiger partial charge >= 0.3 is 18.0 Å². The molecule has 4 atom stereocenters. The number of Topliss-reactive ketones (excluding diaryl/α,β-unsaturated/α-hetero) is 1. The first-order valence-corrected chi connectivity index (χ1v) is 18.4. The van der Waals surface area contributed by atoms with Crippen molar-refractivity contribution in [2.75, 3.05) is 18.8 Å². The number of rotatable bonds is 20. The number of hydrogen-bond donors (Lipinski definition) is 10. The van der Waals surface area contributed by atoms with Gasteiger partial charge in [0.2, 0.25) is 11.8 Å². The predicted molar refractivity (Wildman–Crippen MR) is 211 cm³/mol. The lowest BCUT2D eigenvalue weighted by molar-refractivity contribution is -0.142. The minimum Gasteiger partial charge on any atom is -0.480 e. The second-order valence-corrected chi connectivity index (χ2v) is 13.9.